The van der Waals surface area contributed by atoms with Crippen molar-refractivity contribution in [1.29, 1.82) is 5.26 Å². The molecule has 162 valence electrons. The third kappa shape index (κ3) is 3.75. The van der Waals surface area contributed by atoms with Crippen molar-refractivity contribution < 1.29 is 38.8 Å². The van der Waals surface area contributed by atoms with E-state index in [4.69, 9.17) is 20.1 Å². The summed E-state index contributed by atoms with van der Waals surface area (Å²) >= 11 is 0. The van der Waals surface area contributed by atoms with Crippen molar-refractivity contribution in [2.24, 2.45) is 0 Å². The Kier molecular flexibility index (Phi) is 5.81. The molecule has 1 aliphatic rings. The van der Waals surface area contributed by atoms with E-state index >= 15 is 0 Å². The largest absolute Gasteiger partial charge is 0.480 e. The Labute approximate surface area is 169 Å². The van der Waals surface area contributed by atoms with E-state index in [9.17, 15) is 29.7 Å². The fraction of sp³-hybridized carbons (Fsp3) is 0.467. The van der Waals surface area contributed by atoms with Gasteiger partial charge in [0.1, 0.15) is 42.3 Å². The lowest BCUT2D eigenvalue weighted by Gasteiger charge is -2.24. The normalized spacial score (nSPS) is 29.4. The molecule has 6 unspecified atom stereocenters. The maximum Gasteiger partial charge on any atom is 0.403 e. The maximum absolute atomic E-state index is 12.0. The summed E-state index contributed by atoms with van der Waals surface area (Å²) in [4.78, 5) is 24.4. The number of rotatable bonds is 7. The van der Waals surface area contributed by atoms with Crippen molar-refractivity contribution in [2.75, 3.05) is 12.3 Å². The molecular formula is C15H19N6O8P. The van der Waals surface area contributed by atoms with Gasteiger partial charge in [0.2, 0.25) is 5.60 Å². The minimum atomic E-state index is -4.59. The highest BCUT2D eigenvalue weighted by atomic mass is 31.2. The van der Waals surface area contributed by atoms with Crippen LogP contribution in [0.2, 0.25) is 0 Å². The highest BCUT2D eigenvalue weighted by Crippen LogP contribution is 2.43. The van der Waals surface area contributed by atoms with Gasteiger partial charge in [-0.05, 0) is 19.1 Å². The third-order valence-corrected chi connectivity index (χ3v) is 5.84. The quantitative estimate of drug-likeness (QED) is 0.264. The van der Waals surface area contributed by atoms with Crippen LogP contribution in [0.3, 0.4) is 0 Å². The first-order chi connectivity index (χ1) is 14.0. The van der Waals surface area contributed by atoms with Crippen LogP contribution in [0, 0.1) is 11.3 Å². The van der Waals surface area contributed by atoms with E-state index in [1.54, 1.807) is 0 Å². The number of nitriles is 1. The minimum absolute atomic E-state index is 0.0490. The molecule has 7 N–H and O–H groups in total. The van der Waals surface area contributed by atoms with Gasteiger partial charge < -0.3 is 30.7 Å². The van der Waals surface area contributed by atoms with Gasteiger partial charge in [0, 0.05) is 0 Å². The number of nitrogens with two attached hydrogens (primary N) is 1. The number of hydrogen-bond donors (Lipinski definition) is 6. The van der Waals surface area contributed by atoms with Crippen molar-refractivity contribution in [2.45, 2.75) is 36.9 Å². The monoisotopic (exact) mass is 442 g/mol. The number of anilines is 1. The Bertz CT molecular complexity index is 1060. The summed E-state index contributed by atoms with van der Waals surface area (Å²) in [6, 6.07) is 3.33. The first kappa shape index (κ1) is 22.1. The highest BCUT2D eigenvalue weighted by Gasteiger charge is 2.57. The number of carbonyl (C=O) groups is 1. The van der Waals surface area contributed by atoms with Crippen molar-refractivity contribution in [1.82, 2.24) is 19.7 Å². The van der Waals surface area contributed by atoms with Crippen LogP contribution in [0.5, 0.6) is 0 Å². The standard InChI is InChI=1S/C15H19N6O8P/c1-7(14(24)25)20-30(26,27)28-4-9-11(22)12(23)15(5-16,29-9)10-3-2-8-13(17)18-6-19-21(8)10/h2-3,6-7,9,11-12,22-23H,4H2,1H3,(H,24,25)(H2,17,18,19)(H2,20,26,27). The number of carboxylic acids is 1. The zero-order valence-electron chi connectivity index (χ0n) is 15.5. The first-order valence-corrected chi connectivity index (χ1v) is 10.1. The van der Waals surface area contributed by atoms with Crippen molar-refractivity contribution >= 4 is 25.1 Å². The van der Waals surface area contributed by atoms with E-state index in [1.165, 1.54) is 16.6 Å². The topological polar surface area (TPSA) is 226 Å². The first-order valence-electron chi connectivity index (χ1n) is 8.54. The summed E-state index contributed by atoms with van der Waals surface area (Å²) in [5.74, 6) is -1.28. The average Bonchev–Trinajstić information content (AvgIpc) is 3.22. The van der Waals surface area contributed by atoms with Gasteiger partial charge in [-0.1, -0.05) is 0 Å². The Morgan fingerprint density at radius 1 is 1.57 bits per heavy atom. The van der Waals surface area contributed by atoms with Gasteiger partial charge in [0.05, 0.1) is 12.3 Å². The number of nitrogens with zero attached hydrogens (tertiary/aromatic N) is 4. The maximum atomic E-state index is 12.0. The summed E-state index contributed by atoms with van der Waals surface area (Å²) in [7, 11) is -4.59. The van der Waals surface area contributed by atoms with Crippen molar-refractivity contribution in [3.8, 4) is 6.07 Å². The van der Waals surface area contributed by atoms with Gasteiger partial charge in [0.15, 0.2) is 5.82 Å². The van der Waals surface area contributed by atoms with Gasteiger partial charge in [-0.25, -0.2) is 19.2 Å². The van der Waals surface area contributed by atoms with Crippen LogP contribution in [0.4, 0.5) is 5.82 Å². The van der Waals surface area contributed by atoms with E-state index in [0.717, 1.165) is 13.3 Å². The second-order valence-corrected chi connectivity index (χ2v) is 8.16. The van der Waals surface area contributed by atoms with Gasteiger partial charge in [-0.2, -0.15) is 10.4 Å². The molecule has 2 aromatic heterocycles. The van der Waals surface area contributed by atoms with Gasteiger partial charge in [0.25, 0.3) is 0 Å². The number of nitrogen functional groups attached to an aromatic ring is 1. The zero-order chi connectivity index (χ0) is 22.3. The summed E-state index contributed by atoms with van der Waals surface area (Å²) in [5.41, 5.74) is 4.05. The summed E-state index contributed by atoms with van der Waals surface area (Å²) in [6.45, 7) is 0.403. The van der Waals surface area contributed by atoms with E-state index < -0.39 is 50.3 Å². The summed E-state index contributed by atoms with van der Waals surface area (Å²) in [6.07, 6.45) is -3.71. The number of ether oxygens (including phenoxy) is 1. The second-order valence-electron chi connectivity index (χ2n) is 6.61. The average molecular weight is 442 g/mol. The summed E-state index contributed by atoms with van der Waals surface area (Å²) < 4.78 is 23.6. The van der Waals surface area contributed by atoms with E-state index in [-0.39, 0.29) is 11.5 Å². The Balaban J connectivity index is 1.84. The Morgan fingerprint density at radius 2 is 2.27 bits per heavy atom. The van der Waals surface area contributed by atoms with Crippen LogP contribution in [-0.4, -0.2) is 71.7 Å². The van der Waals surface area contributed by atoms with Crippen LogP contribution in [0.15, 0.2) is 18.5 Å². The molecule has 15 heteroatoms. The number of aliphatic hydroxyl groups excluding tert-OH is 2. The molecule has 1 aliphatic heterocycles. The fourth-order valence-corrected chi connectivity index (χ4v) is 4.09. The molecule has 30 heavy (non-hydrogen) atoms. The lowest BCUT2D eigenvalue weighted by Crippen LogP contribution is -2.41. The number of fused-ring (bicyclic) bond motifs is 1. The molecule has 0 aliphatic carbocycles. The molecule has 0 spiro atoms. The molecule has 3 rings (SSSR count). The molecule has 14 nitrogen and oxygen atoms in total. The molecule has 1 fully saturated rings. The number of aliphatic hydroxyl groups is 2. The highest BCUT2D eigenvalue weighted by molar-refractivity contribution is 7.50. The SMILES string of the molecule is CC(NP(=O)(O)OCC1OC(C#N)(c2ccc3c(N)ncnn23)C(O)C1O)C(=O)O. The number of carboxylic acid groups (broad SMARTS) is 1. The number of hydrogen-bond acceptors (Lipinski definition) is 10. The third-order valence-electron chi connectivity index (χ3n) is 4.63. The van der Waals surface area contributed by atoms with Crippen LogP contribution in [-0.2, 0) is 24.2 Å². The van der Waals surface area contributed by atoms with Crippen LogP contribution in [0.1, 0.15) is 12.6 Å². The Hall–Kier alpha value is -2.63. The van der Waals surface area contributed by atoms with E-state index in [2.05, 4.69) is 10.1 Å². The van der Waals surface area contributed by atoms with E-state index in [0.29, 0.717) is 5.52 Å². The van der Waals surface area contributed by atoms with Crippen molar-refractivity contribution in [3.05, 3.63) is 24.2 Å². The molecule has 0 amide bonds. The lowest BCUT2D eigenvalue weighted by molar-refractivity contribution is -0.138. The second kappa shape index (κ2) is 7.89. The van der Waals surface area contributed by atoms with E-state index in [1.807, 2.05) is 11.2 Å². The molecule has 0 bridgehead atoms. The van der Waals surface area contributed by atoms with Crippen molar-refractivity contribution in [3.63, 3.8) is 0 Å². The van der Waals surface area contributed by atoms with Crippen LogP contribution in [0.25, 0.3) is 5.52 Å². The molecule has 0 radical (unpaired) electrons. The number of aromatic nitrogens is 3. The molecular weight excluding hydrogens is 423 g/mol. The fourth-order valence-electron chi connectivity index (χ4n) is 3.06. The summed E-state index contributed by atoms with van der Waals surface area (Å²) in [5, 5.41) is 45.4. The molecule has 6 atom stereocenters. The Morgan fingerprint density at radius 3 is 2.90 bits per heavy atom. The number of aliphatic carboxylic acids is 1. The molecule has 3 heterocycles. The zero-order valence-corrected chi connectivity index (χ0v) is 16.4. The predicted molar refractivity (Wildman–Crippen MR) is 97.6 cm³/mol. The molecule has 1 saturated heterocycles. The van der Waals surface area contributed by atoms with Gasteiger partial charge in [-0.15, -0.1) is 0 Å². The number of nitrogens with one attached hydrogen (secondary N) is 1. The smallest absolute Gasteiger partial charge is 0.403 e. The molecule has 0 saturated carbocycles. The predicted octanol–water partition coefficient (Wildman–Crippen LogP) is -1.67. The van der Waals surface area contributed by atoms with Gasteiger partial charge in [-0.3, -0.25) is 9.32 Å². The molecule has 2 aromatic rings. The van der Waals surface area contributed by atoms with Crippen LogP contribution >= 0.6 is 7.75 Å². The molecule has 0 aromatic carbocycles. The lowest BCUT2D eigenvalue weighted by atomic mass is 9.92. The van der Waals surface area contributed by atoms with Gasteiger partial charge >= 0.3 is 13.7 Å². The van der Waals surface area contributed by atoms with Crippen LogP contribution < -0.4 is 10.8 Å². The minimum Gasteiger partial charge on any atom is -0.480 e.